The lowest BCUT2D eigenvalue weighted by Crippen LogP contribution is -2.08. The number of nitrogens with one attached hydrogen (secondary N) is 1. The number of carbonyl (C=O) groups excluding carboxylic acids is 1. The molecule has 3 heteroatoms. The molecule has 0 aromatic heterocycles. The molecule has 1 aliphatic heterocycles. The predicted octanol–water partition coefficient (Wildman–Crippen LogP) is 3.42. The van der Waals surface area contributed by atoms with Gasteiger partial charge in [0, 0.05) is 11.3 Å². The van der Waals surface area contributed by atoms with Crippen LogP contribution in [0, 0.1) is 0 Å². The van der Waals surface area contributed by atoms with Crippen LogP contribution in [0.5, 0.6) is 5.75 Å². The number of hydrogen-bond acceptors (Lipinski definition) is 2. The number of hydrogen-bond donors (Lipinski definition) is 1. The molecule has 1 amide bonds. The van der Waals surface area contributed by atoms with Crippen molar-refractivity contribution in [1.29, 1.82) is 0 Å². The van der Waals surface area contributed by atoms with Crippen LogP contribution in [-0.4, -0.2) is 13.0 Å². The van der Waals surface area contributed by atoms with E-state index in [4.69, 9.17) is 4.74 Å². The van der Waals surface area contributed by atoms with Crippen molar-refractivity contribution >= 4 is 11.6 Å². The van der Waals surface area contributed by atoms with Gasteiger partial charge in [-0.15, -0.1) is 0 Å². The number of carbonyl (C=O) groups is 1. The summed E-state index contributed by atoms with van der Waals surface area (Å²) in [6, 6.07) is 13.9. The summed E-state index contributed by atoms with van der Waals surface area (Å²) in [7, 11) is 1.67. The molecular weight excluding hydrogens is 238 g/mol. The third-order valence-corrected chi connectivity index (χ3v) is 3.59. The minimum atomic E-state index is -0.0929. The first-order valence-corrected chi connectivity index (χ1v) is 6.29. The zero-order valence-electron chi connectivity index (χ0n) is 10.9. The Morgan fingerprint density at radius 2 is 1.95 bits per heavy atom. The van der Waals surface area contributed by atoms with Gasteiger partial charge in [-0.3, -0.25) is 4.79 Å². The molecule has 0 spiro atoms. The van der Waals surface area contributed by atoms with E-state index in [-0.39, 0.29) is 11.8 Å². The first-order valence-electron chi connectivity index (χ1n) is 6.29. The molecule has 19 heavy (non-hydrogen) atoms. The highest BCUT2D eigenvalue weighted by atomic mass is 16.5. The second kappa shape index (κ2) is 4.43. The Balaban J connectivity index is 2.11. The van der Waals surface area contributed by atoms with Gasteiger partial charge in [-0.1, -0.05) is 24.3 Å². The summed E-state index contributed by atoms with van der Waals surface area (Å²) in [5, 5.41) is 2.88. The first kappa shape index (κ1) is 11.8. The molecular formula is C16H15NO2. The Hall–Kier alpha value is -2.29. The first-order chi connectivity index (χ1) is 9.20. The van der Waals surface area contributed by atoms with E-state index in [1.807, 2.05) is 43.3 Å². The second-order valence-corrected chi connectivity index (χ2v) is 4.71. The summed E-state index contributed by atoms with van der Waals surface area (Å²) >= 11 is 0. The largest absolute Gasteiger partial charge is 0.496 e. The average Bonchev–Trinajstić information content (AvgIpc) is 2.74. The van der Waals surface area contributed by atoms with Crippen molar-refractivity contribution in [3.05, 3.63) is 48.0 Å². The number of rotatable bonds is 2. The van der Waals surface area contributed by atoms with Gasteiger partial charge in [0.1, 0.15) is 5.75 Å². The van der Waals surface area contributed by atoms with Crippen LogP contribution in [-0.2, 0) is 4.79 Å². The van der Waals surface area contributed by atoms with E-state index >= 15 is 0 Å². The highest BCUT2D eigenvalue weighted by Gasteiger charge is 2.26. The number of benzene rings is 2. The van der Waals surface area contributed by atoms with Crippen LogP contribution in [0.1, 0.15) is 18.4 Å². The normalized spacial score (nSPS) is 16.9. The topological polar surface area (TPSA) is 38.3 Å². The lowest BCUT2D eigenvalue weighted by atomic mass is 9.97. The Kier molecular flexibility index (Phi) is 2.75. The Morgan fingerprint density at radius 1 is 1.16 bits per heavy atom. The standard InChI is InChI=1S/C16H15NO2/c1-10-13-9-11(7-8-14(13)17-16(10)18)12-5-3-4-6-15(12)19-2/h3-10H,1-2H3,(H,17,18). The van der Waals surface area contributed by atoms with E-state index in [1.165, 1.54) is 0 Å². The molecule has 3 rings (SSSR count). The smallest absolute Gasteiger partial charge is 0.231 e. The molecule has 96 valence electrons. The van der Waals surface area contributed by atoms with Crippen LogP contribution in [0.3, 0.4) is 0 Å². The maximum absolute atomic E-state index is 11.7. The van der Waals surface area contributed by atoms with E-state index in [9.17, 15) is 4.79 Å². The van der Waals surface area contributed by atoms with Gasteiger partial charge in [-0.25, -0.2) is 0 Å². The molecule has 0 bridgehead atoms. The minimum absolute atomic E-state index is 0.0622. The molecule has 1 N–H and O–H groups in total. The fraction of sp³-hybridized carbons (Fsp3) is 0.188. The van der Waals surface area contributed by atoms with Gasteiger partial charge in [0.05, 0.1) is 13.0 Å². The molecule has 3 nitrogen and oxygen atoms in total. The van der Waals surface area contributed by atoms with Crippen molar-refractivity contribution in [3.63, 3.8) is 0 Å². The molecule has 0 fully saturated rings. The number of para-hydroxylation sites is 1. The van der Waals surface area contributed by atoms with Gasteiger partial charge in [-0.05, 0) is 36.2 Å². The summed E-state index contributed by atoms with van der Waals surface area (Å²) in [5.41, 5.74) is 4.07. The highest BCUT2D eigenvalue weighted by Crippen LogP contribution is 2.37. The zero-order valence-corrected chi connectivity index (χ0v) is 10.9. The van der Waals surface area contributed by atoms with E-state index in [1.54, 1.807) is 7.11 Å². The third-order valence-electron chi connectivity index (χ3n) is 3.59. The van der Waals surface area contributed by atoms with Crippen LogP contribution >= 0.6 is 0 Å². The summed E-state index contributed by atoms with van der Waals surface area (Å²) in [4.78, 5) is 11.7. The molecule has 1 unspecified atom stereocenters. The van der Waals surface area contributed by atoms with E-state index in [0.29, 0.717) is 0 Å². The fourth-order valence-corrected chi connectivity index (χ4v) is 2.47. The van der Waals surface area contributed by atoms with Gasteiger partial charge in [0.25, 0.3) is 0 Å². The molecule has 0 radical (unpaired) electrons. The van der Waals surface area contributed by atoms with Gasteiger partial charge < -0.3 is 10.1 Å². The Morgan fingerprint density at radius 3 is 2.74 bits per heavy atom. The Bertz CT molecular complexity index is 649. The summed E-state index contributed by atoms with van der Waals surface area (Å²) in [6.07, 6.45) is 0. The van der Waals surface area contributed by atoms with Crippen molar-refractivity contribution < 1.29 is 9.53 Å². The number of methoxy groups -OCH3 is 1. The average molecular weight is 253 g/mol. The molecule has 0 saturated carbocycles. The monoisotopic (exact) mass is 253 g/mol. The molecule has 2 aromatic rings. The summed E-state index contributed by atoms with van der Waals surface area (Å²) < 4.78 is 5.38. The number of amides is 1. The fourth-order valence-electron chi connectivity index (χ4n) is 2.47. The molecule has 1 heterocycles. The molecule has 0 saturated heterocycles. The van der Waals surface area contributed by atoms with Gasteiger partial charge in [0.2, 0.25) is 5.91 Å². The van der Waals surface area contributed by atoms with Crippen LogP contribution in [0.4, 0.5) is 5.69 Å². The van der Waals surface area contributed by atoms with Crippen molar-refractivity contribution in [2.45, 2.75) is 12.8 Å². The third kappa shape index (κ3) is 1.87. The lowest BCUT2D eigenvalue weighted by molar-refractivity contribution is -0.116. The van der Waals surface area contributed by atoms with Gasteiger partial charge >= 0.3 is 0 Å². The van der Waals surface area contributed by atoms with Crippen LogP contribution in [0.15, 0.2) is 42.5 Å². The van der Waals surface area contributed by atoms with Crippen LogP contribution < -0.4 is 10.1 Å². The van der Waals surface area contributed by atoms with E-state index in [2.05, 4.69) is 11.4 Å². The molecule has 1 aliphatic rings. The maximum Gasteiger partial charge on any atom is 0.231 e. The van der Waals surface area contributed by atoms with Gasteiger partial charge in [0.15, 0.2) is 0 Å². The summed E-state index contributed by atoms with van der Waals surface area (Å²) in [6.45, 7) is 1.92. The Labute approximate surface area is 112 Å². The number of fused-ring (bicyclic) bond motifs is 1. The number of anilines is 1. The SMILES string of the molecule is COc1ccccc1-c1ccc2c(c1)C(C)C(=O)N2. The zero-order chi connectivity index (χ0) is 13.4. The van der Waals surface area contributed by atoms with Crippen molar-refractivity contribution in [2.24, 2.45) is 0 Å². The second-order valence-electron chi connectivity index (χ2n) is 4.71. The van der Waals surface area contributed by atoms with Crippen molar-refractivity contribution in [3.8, 4) is 16.9 Å². The number of ether oxygens (including phenoxy) is 1. The van der Waals surface area contributed by atoms with Crippen LogP contribution in [0.2, 0.25) is 0 Å². The minimum Gasteiger partial charge on any atom is -0.496 e. The quantitative estimate of drug-likeness (QED) is 0.890. The summed E-state index contributed by atoms with van der Waals surface area (Å²) in [5.74, 6) is 0.809. The van der Waals surface area contributed by atoms with Crippen LogP contribution in [0.25, 0.3) is 11.1 Å². The molecule has 0 aliphatic carbocycles. The lowest BCUT2D eigenvalue weighted by Gasteiger charge is -2.10. The molecule has 1 atom stereocenters. The van der Waals surface area contributed by atoms with Crippen molar-refractivity contribution in [1.82, 2.24) is 0 Å². The predicted molar refractivity (Wildman–Crippen MR) is 75.5 cm³/mol. The van der Waals surface area contributed by atoms with E-state index < -0.39 is 0 Å². The van der Waals surface area contributed by atoms with E-state index in [0.717, 1.165) is 28.1 Å². The maximum atomic E-state index is 11.7. The van der Waals surface area contributed by atoms with Gasteiger partial charge in [-0.2, -0.15) is 0 Å². The van der Waals surface area contributed by atoms with Crippen molar-refractivity contribution in [2.75, 3.05) is 12.4 Å². The molecule has 2 aromatic carbocycles. The highest BCUT2D eigenvalue weighted by molar-refractivity contribution is 6.03.